The summed E-state index contributed by atoms with van der Waals surface area (Å²) < 4.78 is 1.16. The van der Waals surface area contributed by atoms with Gasteiger partial charge in [-0.3, -0.25) is 14.9 Å². The van der Waals surface area contributed by atoms with E-state index in [9.17, 15) is 14.9 Å². The number of carbonyl (C=O) groups excluding carboxylic acids is 1. The molecule has 0 saturated carbocycles. The number of nitrogens with zero attached hydrogens (tertiary/aromatic N) is 2. The number of rotatable bonds is 9. The normalized spacial score (nSPS) is 11.9. The van der Waals surface area contributed by atoms with E-state index < -0.39 is 4.92 Å². The summed E-state index contributed by atoms with van der Waals surface area (Å²) in [5.74, 6) is -0.0240. The maximum absolute atomic E-state index is 12.1. The molecule has 0 saturated heterocycles. The summed E-state index contributed by atoms with van der Waals surface area (Å²) in [4.78, 5) is 28.0. The molecule has 0 bridgehead atoms. The number of likely N-dealkylation sites (N-methyl/N-ethyl adjacent to an activating group) is 1. The molecule has 1 amide bonds. The van der Waals surface area contributed by atoms with Gasteiger partial charge in [-0.25, -0.2) is 4.98 Å². The van der Waals surface area contributed by atoms with Gasteiger partial charge in [0.05, 0.1) is 22.2 Å². The molecule has 9 heteroatoms. The van der Waals surface area contributed by atoms with Crippen molar-refractivity contribution in [2.75, 3.05) is 32.0 Å². The van der Waals surface area contributed by atoms with E-state index in [0.29, 0.717) is 26.2 Å². The van der Waals surface area contributed by atoms with Crippen LogP contribution in [0.5, 0.6) is 0 Å². The van der Waals surface area contributed by atoms with Gasteiger partial charge in [0.15, 0.2) is 6.54 Å². The van der Waals surface area contributed by atoms with Crippen LogP contribution in [0.3, 0.4) is 0 Å². The van der Waals surface area contributed by atoms with Crippen LogP contribution in [0.2, 0.25) is 0 Å². The summed E-state index contributed by atoms with van der Waals surface area (Å²) in [7, 11) is 1.97. The molecule has 1 unspecified atom stereocenters. The zero-order chi connectivity index (χ0) is 19.9. The molecule has 0 fully saturated rings. The number of carbonyl (C=O) groups is 1. The summed E-state index contributed by atoms with van der Waals surface area (Å²) in [6.07, 6.45) is 0. The molecule has 3 rings (SSSR count). The highest BCUT2D eigenvalue weighted by Crippen LogP contribution is 2.20. The molecule has 28 heavy (non-hydrogen) atoms. The molecule has 1 heterocycles. The fraction of sp³-hybridized carbons (Fsp3) is 0.263. The second-order valence-corrected chi connectivity index (χ2v) is 7.58. The molecule has 146 valence electrons. The molecule has 1 atom stereocenters. The molecule has 3 N–H and O–H groups in total. The van der Waals surface area contributed by atoms with Crippen molar-refractivity contribution in [3.8, 4) is 0 Å². The Labute approximate surface area is 166 Å². The lowest BCUT2D eigenvalue weighted by Crippen LogP contribution is -3.08. The van der Waals surface area contributed by atoms with E-state index in [1.54, 1.807) is 23.5 Å². The van der Waals surface area contributed by atoms with Crippen LogP contribution >= 0.6 is 11.3 Å². The third-order valence-electron chi connectivity index (χ3n) is 4.11. The van der Waals surface area contributed by atoms with Crippen molar-refractivity contribution in [2.24, 2.45) is 0 Å². The van der Waals surface area contributed by atoms with Crippen molar-refractivity contribution in [1.82, 2.24) is 10.3 Å². The molecule has 0 spiro atoms. The number of nitro groups is 1. The third-order valence-corrected chi connectivity index (χ3v) is 5.14. The average Bonchev–Trinajstić information content (AvgIpc) is 3.07. The molecule has 0 aliphatic carbocycles. The van der Waals surface area contributed by atoms with Gasteiger partial charge in [-0.15, -0.1) is 11.3 Å². The number of anilines is 1. The Morgan fingerprint density at radius 1 is 1.18 bits per heavy atom. The molecule has 2 aromatic carbocycles. The number of hydrogen-bond donors (Lipinski definition) is 3. The summed E-state index contributed by atoms with van der Waals surface area (Å²) in [5.41, 5.74) is 1.83. The number of nitro benzene ring substituents is 1. The Morgan fingerprint density at radius 2 is 1.93 bits per heavy atom. The topological polar surface area (TPSA) is 102 Å². The molecular formula is C19H22N5O3S+. The number of thiazole rings is 1. The van der Waals surface area contributed by atoms with E-state index in [2.05, 4.69) is 21.7 Å². The maximum atomic E-state index is 12.1. The van der Waals surface area contributed by atoms with Gasteiger partial charge >= 0.3 is 0 Å². The highest BCUT2D eigenvalue weighted by Gasteiger charge is 2.13. The first-order valence-corrected chi connectivity index (χ1v) is 9.73. The second kappa shape index (κ2) is 9.25. The van der Waals surface area contributed by atoms with E-state index in [4.69, 9.17) is 0 Å². The van der Waals surface area contributed by atoms with Crippen LogP contribution in [-0.2, 0) is 11.3 Å². The van der Waals surface area contributed by atoms with Gasteiger partial charge in [0, 0.05) is 30.9 Å². The number of hydrogen-bond acceptors (Lipinski definition) is 6. The number of amides is 1. The number of para-hydroxylation sites is 1. The number of benzene rings is 2. The smallest absolute Gasteiger partial charge is 0.275 e. The Bertz CT molecular complexity index is 925. The predicted octanol–water partition coefficient (Wildman–Crippen LogP) is 1.45. The Kier molecular flexibility index (Phi) is 6.51. The van der Waals surface area contributed by atoms with Crippen molar-refractivity contribution in [3.63, 3.8) is 0 Å². The highest BCUT2D eigenvalue weighted by molar-refractivity contribution is 7.18. The van der Waals surface area contributed by atoms with Gasteiger partial charge < -0.3 is 15.5 Å². The molecule has 1 aromatic heterocycles. The van der Waals surface area contributed by atoms with E-state index in [1.165, 1.54) is 12.1 Å². The number of non-ortho nitro benzene ring substituents is 1. The van der Waals surface area contributed by atoms with Crippen molar-refractivity contribution in [2.45, 2.75) is 6.54 Å². The number of fused-ring (bicyclic) bond motifs is 1. The van der Waals surface area contributed by atoms with Crippen LogP contribution in [0.15, 0.2) is 48.5 Å². The van der Waals surface area contributed by atoms with E-state index in [0.717, 1.165) is 25.8 Å². The summed E-state index contributed by atoms with van der Waals surface area (Å²) in [6, 6.07) is 14.2. The zero-order valence-corrected chi connectivity index (χ0v) is 16.3. The maximum Gasteiger partial charge on any atom is 0.275 e. The minimum atomic E-state index is -0.433. The fourth-order valence-corrected chi connectivity index (χ4v) is 3.84. The lowest BCUT2D eigenvalue weighted by atomic mass is 10.3. The standard InChI is InChI=1S/C19H21N5O3S/c1-23(13-19-22-16-4-2-3-5-17(16)28-19)12-18(25)21-11-10-20-14-6-8-15(9-7-14)24(26)27/h2-9,20H,10-13H2,1H3,(H,21,25)/p+1. The van der Waals surface area contributed by atoms with Crippen LogP contribution in [0, 0.1) is 10.1 Å². The van der Waals surface area contributed by atoms with Gasteiger partial charge in [0.25, 0.3) is 11.6 Å². The summed E-state index contributed by atoms with van der Waals surface area (Å²) in [5, 5.41) is 17.6. The van der Waals surface area contributed by atoms with Crippen LogP contribution in [0.25, 0.3) is 10.2 Å². The van der Waals surface area contributed by atoms with Crippen LogP contribution < -0.4 is 15.5 Å². The molecule has 0 aliphatic heterocycles. The van der Waals surface area contributed by atoms with E-state index in [1.807, 2.05) is 25.2 Å². The van der Waals surface area contributed by atoms with Crippen molar-refractivity contribution in [1.29, 1.82) is 0 Å². The monoisotopic (exact) mass is 400 g/mol. The third kappa shape index (κ3) is 5.48. The largest absolute Gasteiger partial charge is 0.383 e. The lowest BCUT2D eigenvalue weighted by molar-refractivity contribution is -0.885. The minimum absolute atomic E-state index is 0.0240. The molecule has 0 aliphatic rings. The number of nitrogens with one attached hydrogen (secondary N) is 3. The minimum Gasteiger partial charge on any atom is -0.383 e. The van der Waals surface area contributed by atoms with Crippen molar-refractivity contribution < 1.29 is 14.6 Å². The van der Waals surface area contributed by atoms with Crippen LogP contribution in [-0.4, -0.2) is 42.5 Å². The molecule has 0 radical (unpaired) electrons. The first-order valence-electron chi connectivity index (χ1n) is 8.92. The second-order valence-electron chi connectivity index (χ2n) is 6.47. The van der Waals surface area contributed by atoms with Gasteiger partial charge in [-0.05, 0) is 24.3 Å². The summed E-state index contributed by atoms with van der Waals surface area (Å²) in [6.45, 7) is 2.09. The van der Waals surface area contributed by atoms with E-state index >= 15 is 0 Å². The Balaban J connectivity index is 1.37. The first kappa shape index (κ1) is 19.7. The zero-order valence-electron chi connectivity index (χ0n) is 15.5. The Morgan fingerprint density at radius 3 is 2.64 bits per heavy atom. The van der Waals surface area contributed by atoms with Crippen molar-refractivity contribution >= 4 is 38.8 Å². The number of quaternary nitrogens is 1. The van der Waals surface area contributed by atoms with Crippen LogP contribution in [0.4, 0.5) is 11.4 Å². The summed E-state index contributed by atoms with van der Waals surface area (Å²) >= 11 is 1.66. The lowest BCUT2D eigenvalue weighted by Gasteiger charge is -2.12. The van der Waals surface area contributed by atoms with E-state index in [-0.39, 0.29) is 11.6 Å². The van der Waals surface area contributed by atoms with Gasteiger partial charge in [0.2, 0.25) is 0 Å². The highest BCUT2D eigenvalue weighted by atomic mass is 32.1. The number of aromatic nitrogens is 1. The fourth-order valence-electron chi connectivity index (χ4n) is 2.76. The molecule has 8 nitrogen and oxygen atoms in total. The quantitative estimate of drug-likeness (QED) is 0.287. The average molecular weight is 400 g/mol. The molecule has 3 aromatic rings. The van der Waals surface area contributed by atoms with Gasteiger partial charge in [-0.2, -0.15) is 0 Å². The molecular weight excluding hydrogens is 378 g/mol. The predicted molar refractivity (Wildman–Crippen MR) is 110 cm³/mol. The Hall–Kier alpha value is -3.04. The first-order chi connectivity index (χ1) is 13.5. The van der Waals surface area contributed by atoms with Crippen molar-refractivity contribution in [3.05, 3.63) is 63.7 Å². The van der Waals surface area contributed by atoms with Crippen LogP contribution in [0.1, 0.15) is 5.01 Å². The SMILES string of the molecule is C[NH+](CC(=O)NCCNc1ccc([N+](=O)[O-])cc1)Cc1nc2ccccc2s1. The van der Waals surface area contributed by atoms with Gasteiger partial charge in [0.1, 0.15) is 11.6 Å². The van der Waals surface area contributed by atoms with Gasteiger partial charge in [-0.1, -0.05) is 12.1 Å².